The minimum absolute atomic E-state index is 0.146. The summed E-state index contributed by atoms with van der Waals surface area (Å²) in [6.07, 6.45) is 1.27. The molecule has 2 aromatic rings. The first-order valence-corrected chi connectivity index (χ1v) is 11.5. The monoisotopic (exact) mass is 442 g/mol. The number of piperidine rings is 1. The van der Waals surface area contributed by atoms with Crippen molar-refractivity contribution in [1.29, 1.82) is 0 Å². The lowest BCUT2D eigenvalue weighted by molar-refractivity contribution is -0.132. The third-order valence-corrected chi connectivity index (χ3v) is 8.51. The van der Waals surface area contributed by atoms with Gasteiger partial charge in [-0.25, -0.2) is 8.42 Å². The molecule has 1 aliphatic heterocycles. The fourth-order valence-electron chi connectivity index (χ4n) is 3.29. The van der Waals surface area contributed by atoms with Gasteiger partial charge in [-0.05, 0) is 49.6 Å². The predicted octanol–water partition coefficient (Wildman–Crippen LogP) is 3.52. The number of carbonyl (C=O) groups is 1. The second-order valence-corrected chi connectivity index (χ2v) is 11.0. The Morgan fingerprint density at radius 3 is 2.61 bits per heavy atom. The summed E-state index contributed by atoms with van der Waals surface area (Å²) in [5, 5.41) is 2.94. The van der Waals surface area contributed by atoms with E-state index in [4.69, 9.17) is 16.3 Å². The van der Waals surface area contributed by atoms with E-state index in [1.807, 2.05) is 31.2 Å². The zero-order valence-corrected chi connectivity index (χ0v) is 18.2. The van der Waals surface area contributed by atoms with Crippen molar-refractivity contribution < 1.29 is 17.9 Å². The van der Waals surface area contributed by atoms with Gasteiger partial charge in [0.15, 0.2) is 0 Å². The van der Waals surface area contributed by atoms with Crippen molar-refractivity contribution in [2.24, 2.45) is 5.41 Å². The molecule has 0 bridgehead atoms. The maximum absolute atomic E-state index is 12.9. The van der Waals surface area contributed by atoms with Crippen LogP contribution in [0.15, 0.2) is 40.6 Å². The van der Waals surface area contributed by atoms with E-state index >= 15 is 0 Å². The summed E-state index contributed by atoms with van der Waals surface area (Å²) in [6.45, 7) is 2.75. The van der Waals surface area contributed by atoms with Crippen molar-refractivity contribution in [3.05, 3.63) is 46.3 Å². The highest BCUT2D eigenvalue weighted by Crippen LogP contribution is 2.35. The molecule has 3 rings (SSSR count). The molecule has 6 nitrogen and oxygen atoms in total. The number of halogens is 1. The first-order chi connectivity index (χ1) is 13.2. The Morgan fingerprint density at radius 2 is 2.00 bits per heavy atom. The molecule has 0 saturated carbocycles. The third-order valence-electron chi connectivity index (χ3n) is 4.96. The van der Waals surface area contributed by atoms with Crippen LogP contribution in [0.25, 0.3) is 0 Å². The minimum Gasteiger partial charge on any atom is -0.497 e. The third kappa shape index (κ3) is 4.51. The average molecular weight is 443 g/mol. The predicted molar refractivity (Wildman–Crippen MR) is 110 cm³/mol. The molecule has 1 N–H and O–H groups in total. The van der Waals surface area contributed by atoms with Gasteiger partial charge < -0.3 is 10.1 Å². The maximum Gasteiger partial charge on any atom is 0.252 e. The Morgan fingerprint density at radius 1 is 1.29 bits per heavy atom. The van der Waals surface area contributed by atoms with Crippen molar-refractivity contribution in [3.63, 3.8) is 0 Å². The van der Waals surface area contributed by atoms with Crippen LogP contribution in [0.1, 0.15) is 25.3 Å². The second-order valence-electron chi connectivity index (χ2n) is 7.09. The van der Waals surface area contributed by atoms with Crippen molar-refractivity contribution in [2.75, 3.05) is 20.2 Å². The van der Waals surface area contributed by atoms with Crippen LogP contribution in [0, 0.1) is 5.41 Å². The quantitative estimate of drug-likeness (QED) is 0.742. The summed E-state index contributed by atoms with van der Waals surface area (Å²) in [4.78, 5) is 12.9. The first kappa shape index (κ1) is 21.1. The van der Waals surface area contributed by atoms with Gasteiger partial charge in [-0.3, -0.25) is 4.79 Å². The molecule has 1 amide bonds. The lowest BCUT2D eigenvalue weighted by Crippen LogP contribution is -2.51. The summed E-state index contributed by atoms with van der Waals surface area (Å²) in [7, 11) is -2.05. The zero-order valence-electron chi connectivity index (χ0n) is 15.8. The molecular weight excluding hydrogens is 420 g/mol. The van der Waals surface area contributed by atoms with Gasteiger partial charge in [-0.15, -0.1) is 11.3 Å². The number of thiophene rings is 1. The molecular formula is C19H23ClN2O4S2. The Labute approximate surface area is 174 Å². The summed E-state index contributed by atoms with van der Waals surface area (Å²) in [5.74, 6) is 0.608. The largest absolute Gasteiger partial charge is 0.497 e. The number of amides is 1. The van der Waals surface area contributed by atoms with Gasteiger partial charge in [-0.2, -0.15) is 4.31 Å². The fraction of sp³-hybridized carbons (Fsp3) is 0.421. The lowest BCUT2D eigenvalue weighted by Gasteiger charge is -2.38. The Kier molecular flexibility index (Phi) is 6.34. The number of methoxy groups -OCH3 is 1. The van der Waals surface area contributed by atoms with Gasteiger partial charge in [0, 0.05) is 19.6 Å². The standard InChI is InChI=1S/C19H23ClN2O4S2/c1-19(18(23)21-12-14-4-6-15(26-2)7-5-14)10-3-11-22(13-19)28(24,25)17-9-8-16(20)27-17/h4-9H,3,10-13H2,1-2H3,(H,21,23)/t19-/m1/s1. The number of carbonyl (C=O) groups excluding carboxylic acids is 1. The smallest absolute Gasteiger partial charge is 0.252 e. The molecule has 0 aliphatic carbocycles. The molecule has 1 saturated heterocycles. The molecule has 1 atom stereocenters. The summed E-state index contributed by atoms with van der Waals surface area (Å²) < 4.78 is 32.9. The number of sulfonamides is 1. The molecule has 2 heterocycles. The molecule has 9 heteroatoms. The van der Waals surface area contributed by atoms with E-state index in [0.29, 0.717) is 30.3 Å². The summed E-state index contributed by atoms with van der Waals surface area (Å²) in [5.41, 5.74) is 0.171. The molecule has 0 radical (unpaired) electrons. The van der Waals surface area contributed by atoms with Crippen molar-refractivity contribution >= 4 is 38.9 Å². The van der Waals surface area contributed by atoms with Crippen LogP contribution in [0.5, 0.6) is 5.75 Å². The molecule has 1 aliphatic rings. The SMILES string of the molecule is COc1ccc(CNC(=O)[C@]2(C)CCCN(S(=O)(=O)c3ccc(Cl)s3)C2)cc1. The Hall–Kier alpha value is -1.61. The second kappa shape index (κ2) is 8.41. The van der Waals surface area contributed by atoms with E-state index in [0.717, 1.165) is 22.6 Å². The number of benzene rings is 1. The van der Waals surface area contributed by atoms with E-state index in [9.17, 15) is 13.2 Å². The number of hydrogen-bond donors (Lipinski definition) is 1. The van der Waals surface area contributed by atoms with Gasteiger partial charge in [0.05, 0.1) is 16.9 Å². The van der Waals surface area contributed by atoms with Gasteiger partial charge in [0.1, 0.15) is 9.96 Å². The van der Waals surface area contributed by atoms with Crippen LogP contribution in [-0.4, -0.2) is 38.8 Å². The number of nitrogens with zero attached hydrogens (tertiary/aromatic N) is 1. The molecule has 0 unspecified atom stereocenters. The molecule has 152 valence electrons. The van der Waals surface area contributed by atoms with Gasteiger partial charge >= 0.3 is 0 Å². The van der Waals surface area contributed by atoms with E-state index in [-0.39, 0.29) is 16.7 Å². The van der Waals surface area contributed by atoms with Crippen molar-refractivity contribution in [2.45, 2.75) is 30.5 Å². The number of nitrogens with one attached hydrogen (secondary N) is 1. The van der Waals surface area contributed by atoms with Crippen LogP contribution in [0.2, 0.25) is 4.34 Å². The lowest BCUT2D eigenvalue weighted by atomic mass is 9.82. The number of ether oxygens (including phenoxy) is 1. The maximum atomic E-state index is 12.9. The highest BCUT2D eigenvalue weighted by molar-refractivity contribution is 7.91. The first-order valence-electron chi connectivity index (χ1n) is 8.91. The normalized spacial score (nSPS) is 20.7. The Bertz CT molecular complexity index is 943. The van der Waals surface area contributed by atoms with Crippen LogP contribution < -0.4 is 10.1 Å². The van der Waals surface area contributed by atoms with Gasteiger partial charge in [-0.1, -0.05) is 23.7 Å². The molecule has 1 aromatic carbocycles. The summed E-state index contributed by atoms with van der Waals surface area (Å²) in [6, 6.07) is 10.5. The summed E-state index contributed by atoms with van der Waals surface area (Å²) >= 11 is 6.93. The molecule has 28 heavy (non-hydrogen) atoms. The van der Waals surface area contributed by atoms with Crippen LogP contribution in [0.3, 0.4) is 0 Å². The fourth-order valence-corrected chi connectivity index (χ4v) is 6.53. The van der Waals surface area contributed by atoms with E-state index in [2.05, 4.69) is 5.32 Å². The van der Waals surface area contributed by atoms with Crippen molar-refractivity contribution in [3.8, 4) is 5.75 Å². The topological polar surface area (TPSA) is 75.7 Å². The molecule has 1 fully saturated rings. The van der Waals surface area contributed by atoms with E-state index in [1.165, 1.54) is 10.4 Å². The van der Waals surface area contributed by atoms with E-state index < -0.39 is 15.4 Å². The number of rotatable bonds is 6. The highest BCUT2D eigenvalue weighted by atomic mass is 35.5. The van der Waals surface area contributed by atoms with Gasteiger partial charge in [0.25, 0.3) is 10.0 Å². The minimum atomic E-state index is -3.65. The average Bonchev–Trinajstić information content (AvgIpc) is 3.13. The molecule has 1 aromatic heterocycles. The van der Waals surface area contributed by atoms with Crippen molar-refractivity contribution in [1.82, 2.24) is 9.62 Å². The molecule has 0 spiro atoms. The highest BCUT2D eigenvalue weighted by Gasteiger charge is 2.42. The number of hydrogen-bond acceptors (Lipinski definition) is 5. The van der Waals surface area contributed by atoms with Crippen LogP contribution in [-0.2, 0) is 21.4 Å². The van der Waals surface area contributed by atoms with E-state index in [1.54, 1.807) is 13.2 Å². The van der Waals surface area contributed by atoms with Gasteiger partial charge in [0.2, 0.25) is 5.91 Å². The zero-order chi connectivity index (χ0) is 20.4. The van der Waals surface area contributed by atoms with Crippen LogP contribution >= 0.6 is 22.9 Å². The Balaban J connectivity index is 1.67. The van der Waals surface area contributed by atoms with Crippen LogP contribution in [0.4, 0.5) is 0 Å².